The average molecular weight is 226 g/mol. The second kappa shape index (κ2) is 4.34. The highest BCUT2D eigenvalue weighted by atomic mass is 16.5. The fourth-order valence-electron chi connectivity index (χ4n) is 2.67. The van der Waals surface area contributed by atoms with Gasteiger partial charge in [0.05, 0.1) is 18.3 Å². The molecular weight excluding hydrogens is 204 g/mol. The highest BCUT2D eigenvalue weighted by molar-refractivity contribution is 5.84. The number of hydrogen-bond acceptors (Lipinski definition) is 3. The molecule has 2 saturated heterocycles. The van der Waals surface area contributed by atoms with Crippen LogP contribution < -0.4 is 5.32 Å². The van der Waals surface area contributed by atoms with Gasteiger partial charge in [-0.1, -0.05) is 6.92 Å². The van der Waals surface area contributed by atoms with Gasteiger partial charge in [-0.15, -0.1) is 0 Å². The minimum atomic E-state index is -0.0898. The summed E-state index contributed by atoms with van der Waals surface area (Å²) >= 11 is 0. The SMILES string of the molecule is CCC1NCN(C2CCOC(C)(C)C2)C1=O. The first kappa shape index (κ1) is 11.9. The lowest BCUT2D eigenvalue weighted by atomic mass is 9.93. The summed E-state index contributed by atoms with van der Waals surface area (Å²) in [6.07, 6.45) is 2.78. The Labute approximate surface area is 97.3 Å². The number of carbonyl (C=O) groups excluding carboxylic acids is 1. The Balaban J connectivity index is 2.00. The van der Waals surface area contributed by atoms with E-state index in [0.717, 1.165) is 25.9 Å². The van der Waals surface area contributed by atoms with Gasteiger partial charge in [-0.25, -0.2) is 0 Å². The predicted octanol–water partition coefficient (Wildman–Crippen LogP) is 1.11. The van der Waals surface area contributed by atoms with Crippen LogP contribution in [0.25, 0.3) is 0 Å². The third kappa shape index (κ3) is 2.23. The number of amides is 1. The number of rotatable bonds is 2. The van der Waals surface area contributed by atoms with Crippen molar-refractivity contribution in [3.8, 4) is 0 Å². The van der Waals surface area contributed by atoms with Crippen molar-refractivity contribution in [3.63, 3.8) is 0 Å². The molecule has 0 aliphatic carbocycles. The summed E-state index contributed by atoms with van der Waals surface area (Å²) in [5.41, 5.74) is -0.0898. The summed E-state index contributed by atoms with van der Waals surface area (Å²) in [4.78, 5) is 14.1. The minimum absolute atomic E-state index is 0.0333. The molecule has 0 aromatic carbocycles. The maximum atomic E-state index is 12.1. The van der Waals surface area contributed by atoms with E-state index in [1.165, 1.54) is 0 Å². The second-order valence-corrected chi connectivity index (χ2v) is 5.39. The third-order valence-electron chi connectivity index (χ3n) is 3.61. The van der Waals surface area contributed by atoms with Gasteiger partial charge in [-0.3, -0.25) is 10.1 Å². The van der Waals surface area contributed by atoms with Crippen LogP contribution in [-0.4, -0.2) is 41.8 Å². The van der Waals surface area contributed by atoms with Crippen molar-refractivity contribution in [2.24, 2.45) is 0 Å². The lowest BCUT2D eigenvalue weighted by Crippen LogP contribution is -2.47. The molecule has 16 heavy (non-hydrogen) atoms. The predicted molar refractivity (Wildman–Crippen MR) is 62.0 cm³/mol. The van der Waals surface area contributed by atoms with E-state index in [-0.39, 0.29) is 17.6 Å². The molecule has 0 aromatic heterocycles. The van der Waals surface area contributed by atoms with Crippen LogP contribution in [0, 0.1) is 0 Å². The molecule has 1 amide bonds. The Hall–Kier alpha value is -0.610. The highest BCUT2D eigenvalue weighted by Crippen LogP contribution is 2.28. The Kier molecular flexibility index (Phi) is 3.22. The summed E-state index contributed by atoms with van der Waals surface area (Å²) in [6, 6.07) is 0.381. The molecule has 4 nitrogen and oxygen atoms in total. The quantitative estimate of drug-likeness (QED) is 0.767. The fraction of sp³-hybridized carbons (Fsp3) is 0.917. The maximum Gasteiger partial charge on any atom is 0.241 e. The highest BCUT2D eigenvalue weighted by Gasteiger charge is 2.39. The molecule has 0 spiro atoms. The molecule has 2 unspecified atom stereocenters. The molecule has 92 valence electrons. The summed E-state index contributed by atoms with van der Waals surface area (Å²) in [5.74, 6) is 0.269. The van der Waals surface area contributed by atoms with Gasteiger partial charge < -0.3 is 9.64 Å². The van der Waals surface area contributed by atoms with Crippen molar-refractivity contribution in [3.05, 3.63) is 0 Å². The van der Waals surface area contributed by atoms with Gasteiger partial charge in [-0.05, 0) is 33.1 Å². The zero-order valence-corrected chi connectivity index (χ0v) is 10.5. The summed E-state index contributed by atoms with van der Waals surface area (Å²) in [6.45, 7) is 7.72. The van der Waals surface area contributed by atoms with Gasteiger partial charge >= 0.3 is 0 Å². The largest absolute Gasteiger partial charge is 0.375 e. The molecule has 2 aliphatic heterocycles. The van der Waals surface area contributed by atoms with Crippen molar-refractivity contribution >= 4 is 5.91 Å². The van der Waals surface area contributed by atoms with E-state index in [4.69, 9.17) is 4.74 Å². The first-order valence-electron chi connectivity index (χ1n) is 6.21. The molecule has 4 heteroatoms. The number of nitrogens with zero attached hydrogens (tertiary/aromatic N) is 1. The van der Waals surface area contributed by atoms with Crippen LogP contribution >= 0.6 is 0 Å². The lowest BCUT2D eigenvalue weighted by molar-refractivity contribution is -0.136. The van der Waals surface area contributed by atoms with Crippen LogP contribution in [0.15, 0.2) is 0 Å². The smallest absolute Gasteiger partial charge is 0.241 e. The van der Waals surface area contributed by atoms with Crippen molar-refractivity contribution in [2.45, 2.75) is 57.7 Å². The van der Waals surface area contributed by atoms with Crippen LogP contribution in [0.5, 0.6) is 0 Å². The number of ether oxygens (including phenoxy) is 1. The molecule has 2 rings (SSSR count). The Morgan fingerprint density at radius 1 is 1.56 bits per heavy atom. The molecule has 2 atom stereocenters. The fourth-order valence-corrected chi connectivity index (χ4v) is 2.67. The summed E-state index contributed by atoms with van der Waals surface area (Å²) in [7, 11) is 0. The van der Waals surface area contributed by atoms with Gasteiger partial charge in [-0.2, -0.15) is 0 Å². The minimum Gasteiger partial charge on any atom is -0.375 e. The first-order valence-corrected chi connectivity index (χ1v) is 6.21. The molecule has 0 bridgehead atoms. The van der Waals surface area contributed by atoms with Crippen LogP contribution in [0.4, 0.5) is 0 Å². The molecular formula is C12H22N2O2. The van der Waals surface area contributed by atoms with E-state index in [0.29, 0.717) is 12.7 Å². The van der Waals surface area contributed by atoms with E-state index < -0.39 is 0 Å². The molecule has 2 aliphatic rings. The monoisotopic (exact) mass is 226 g/mol. The van der Waals surface area contributed by atoms with Crippen LogP contribution in [0.3, 0.4) is 0 Å². The number of hydrogen-bond donors (Lipinski definition) is 1. The molecule has 0 aromatic rings. The van der Waals surface area contributed by atoms with E-state index in [9.17, 15) is 4.79 Å². The second-order valence-electron chi connectivity index (χ2n) is 5.39. The van der Waals surface area contributed by atoms with E-state index in [2.05, 4.69) is 19.2 Å². The normalized spacial score (nSPS) is 34.4. The molecule has 0 radical (unpaired) electrons. The summed E-state index contributed by atoms with van der Waals surface area (Å²) in [5, 5.41) is 3.27. The average Bonchev–Trinajstić information content (AvgIpc) is 2.58. The topological polar surface area (TPSA) is 41.6 Å². The first-order chi connectivity index (χ1) is 7.53. The maximum absolute atomic E-state index is 12.1. The van der Waals surface area contributed by atoms with Gasteiger partial charge in [0.15, 0.2) is 0 Å². The van der Waals surface area contributed by atoms with Gasteiger partial charge in [0.25, 0.3) is 0 Å². The van der Waals surface area contributed by atoms with Crippen LogP contribution in [0.2, 0.25) is 0 Å². The molecule has 2 heterocycles. The Morgan fingerprint density at radius 3 is 2.88 bits per heavy atom. The number of nitrogens with one attached hydrogen (secondary N) is 1. The van der Waals surface area contributed by atoms with Crippen molar-refractivity contribution < 1.29 is 9.53 Å². The van der Waals surface area contributed by atoms with E-state index >= 15 is 0 Å². The number of carbonyl (C=O) groups is 1. The molecule has 1 N–H and O–H groups in total. The van der Waals surface area contributed by atoms with Gasteiger partial charge in [0.2, 0.25) is 5.91 Å². The Bertz CT molecular complexity index is 278. The Morgan fingerprint density at radius 2 is 2.31 bits per heavy atom. The van der Waals surface area contributed by atoms with Crippen molar-refractivity contribution in [1.82, 2.24) is 10.2 Å². The van der Waals surface area contributed by atoms with E-state index in [1.807, 2.05) is 11.8 Å². The van der Waals surface area contributed by atoms with Crippen molar-refractivity contribution in [1.29, 1.82) is 0 Å². The molecule has 0 saturated carbocycles. The van der Waals surface area contributed by atoms with E-state index in [1.54, 1.807) is 0 Å². The van der Waals surface area contributed by atoms with Gasteiger partial charge in [0.1, 0.15) is 0 Å². The standard InChI is InChI=1S/C12H22N2O2/c1-4-10-11(15)14(8-13-10)9-5-6-16-12(2,3)7-9/h9-10,13H,4-8H2,1-3H3. The van der Waals surface area contributed by atoms with Crippen LogP contribution in [-0.2, 0) is 9.53 Å². The third-order valence-corrected chi connectivity index (χ3v) is 3.61. The van der Waals surface area contributed by atoms with Crippen molar-refractivity contribution in [2.75, 3.05) is 13.3 Å². The lowest BCUT2D eigenvalue weighted by Gasteiger charge is -2.39. The zero-order chi connectivity index (χ0) is 11.8. The molecule has 2 fully saturated rings. The van der Waals surface area contributed by atoms with Crippen LogP contribution in [0.1, 0.15) is 40.0 Å². The van der Waals surface area contributed by atoms with Gasteiger partial charge in [0, 0.05) is 12.6 Å². The summed E-state index contributed by atoms with van der Waals surface area (Å²) < 4.78 is 5.69. The zero-order valence-electron chi connectivity index (χ0n) is 10.5.